The maximum absolute atomic E-state index is 10.7. The van der Waals surface area contributed by atoms with E-state index in [1.807, 2.05) is 11.6 Å². The molecule has 0 aliphatic rings. The van der Waals surface area contributed by atoms with Crippen LogP contribution in [0.15, 0.2) is 12.4 Å². The van der Waals surface area contributed by atoms with Crippen molar-refractivity contribution < 1.29 is 4.79 Å². The number of carbonyl (C=O) groups is 1. The van der Waals surface area contributed by atoms with Crippen LogP contribution in [-0.2, 0) is 7.05 Å². The molecule has 0 radical (unpaired) electrons. The van der Waals surface area contributed by atoms with Crippen LogP contribution in [0.5, 0.6) is 0 Å². The van der Waals surface area contributed by atoms with Crippen molar-refractivity contribution in [1.82, 2.24) is 14.5 Å². The standard InChI is InChI=1S/C9H9N3O/c1-6-10-3-8-9(11-6)7(5-13)4-12(8)2/h3-5H,1-2H3. The number of hydrogen-bond acceptors (Lipinski definition) is 3. The molecule has 0 atom stereocenters. The Morgan fingerprint density at radius 3 is 3.00 bits per heavy atom. The molecular weight excluding hydrogens is 166 g/mol. The fraction of sp³-hybridized carbons (Fsp3) is 0.222. The summed E-state index contributed by atoms with van der Waals surface area (Å²) in [5.74, 6) is 0.682. The van der Waals surface area contributed by atoms with Crippen LogP contribution in [-0.4, -0.2) is 20.8 Å². The SMILES string of the molecule is Cc1ncc2c(n1)c(C=O)cn2C. The second kappa shape index (κ2) is 2.65. The van der Waals surface area contributed by atoms with E-state index in [1.165, 1.54) is 0 Å². The fourth-order valence-corrected chi connectivity index (χ4v) is 1.36. The lowest BCUT2D eigenvalue weighted by molar-refractivity contribution is 0.112. The van der Waals surface area contributed by atoms with Gasteiger partial charge in [0.15, 0.2) is 6.29 Å². The van der Waals surface area contributed by atoms with Crippen LogP contribution < -0.4 is 0 Å². The van der Waals surface area contributed by atoms with Crippen molar-refractivity contribution >= 4 is 17.3 Å². The quantitative estimate of drug-likeness (QED) is 0.609. The molecule has 4 nitrogen and oxygen atoms in total. The first-order valence-electron chi connectivity index (χ1n) is 3.96. The summed E-state index contributed by atoms with van der Waals surface area (Å²) in [6.07, 6.45) is 4.30. The number of rotatable bonds is 1. The maximum Gasteiger partial charge on any atom is 0.153 e. The molecule has 0 saturated heterocycles. The van der Waals surface area contributed by atoms with Crippen LogP contribution in [0.1, 0.15) is 16.2 Å². The van der Waals surface area contributed by atoms with Crippen LogP contribution in [0.3, 0.4) is 0 Å². The molecule has 2 heterocycles. The Balaban J connectivity index is 2.89. The number of aryl methyl sites for hydroxylation is 2. The molecule has 66 valence electrons. The molecule has 0 saturated carbocycles. The van der Waals surface area contributed by atoms with E-state index in [-0.39, 0.29) is 0 Å². The number of nitrogens with zero attached hydrogens (tertiary/aromatic N) is 3. The van der Waals surface area contributed by atoms with Crippen LogP contribution in [0, 0.1) is 6.92 Å². The molecule has 2 aromatic rings. The van der Waals surface area contributed by atoms with E-state index >= 15 is 0 Å². The average Bonchev–Trinajstić information content (AvgIpc) is 2.42. The molecular formula is C9H9N3O. The largest absolute Gasteiger partial charge is 0.347 e. The molecule has 0 fully saturated rings. The van der Waals surface area contributed by atoms with Gasteiger partial charge in [0.1, 0.15) is 11.3 Å². The first-order chi connectivity index (χ1) is 6.22. The van der Waals surface area contributed by atoms with Gasteiger partial charge in [-0.15, -0.1) is 0 Å². The number of aromatic nitrogens is 3. The van der Waals surface area contributed by atoms with Gasteiger partial charge in [-0.25, -0.2) is 9.97 Å². The zero-order valence-corrected chi connectivity index (χ0v) is 7.48. The van der Waals surface area contributed by atoms with Crippen molar-refractivity contribution in [2.75, 3.05) is 0 Å². The molecule has 0 N–H and O–H groups in total. The van der Waals surface area contributed by atoms with Gasteiger partial charge in [0.2, 0.25) is 0 Å². The number of aldehydes is 1. The summed E-state index contributed by atoms with van der Waals surface area (Å²) in [5.41, 5.74) is 2.22. The predicted octanol–water partition coefficient (Wildman–Crippen LogP) is 1.09. The zero-order chi connectivity index (χ0) is 9.42. The normalized spacial score (nSPS) is 10.6. The minimum Gasteiger partial charge on any atom is -0.347 e. The highest BCUT2D eigenvalue weighted by Crippen LogP contribution is 2.15. The summed E-state index contributed by atoms with van der Waals surface area (Å²) in [5, 5.41) is 0. The molecule has 4 heteroatoms. The van der Waals surface area contributed by atoms with Gasteiger partial charge in [-0.05, 0) is 6.92 Å². The lowest BCUT2D eigenvalue weighted by atomic mass is 10.3. The second-order valence-electron chi connectivity index (χ2n) is 2.96. The van der Waals surface area contributed by atoms with Crippen molar-refractivity contribution in [3.8, 4) is 0 Å². The maximum atomic E-state index is 10.7. The summed E-state index contributed by atoms with van der Waals surface area (Å²) in [4.78, 5) is 18.9. The fourth-order valence-electron chi connectivity index (χ4n) is 1.36. The van der Waals surface area contributed by atoms with Gasteiger partial charge in [-0.3, -0.25) is 4.79 Å². The van der Waals surface area contributed by atoms with Gasteiger partial charge in [0.25, 0.3) is 0 Å². The monoisotopic (exact) mass is 175 g/mol. The molecule has 0 aliphatic carbocycles. The van der Waals surface area contributed by atoms with Gasteiger partial charge >= 0.3 is 0 Å². The van der Waals surface area contributed by atoms with E-state index in [1.54, 1.807) is 19.3 Å². The predicted molar refractivity (Wildman–Crippen MR) is 48.6 cm³/mol. The van der Waals surface area contributed by atoms with Gasteiger partial charge < -0.3 is 4.57 Å². The first kappa shape index (κ1) is 7.91. The van der Waals surface area contributed by atoms with Gasteiger partial charge in [-0.2, -0.15) is 0 Å². The van der Waals surface area contributed by atoms with E-state index in [9.17, 15) is 4.79 Å². The Morgan fingerprint density at radius 2 is 2.31 bits per heavy atom. The number of carbonyl (C=O) groups excluding carboxylic acids is 1. The average molecular weight is 175 g/mol. The van der Waals surface area contributed by atoms with Gasteiger partial charge in [0.05, 0.1) is 17.3 Å². The topological polar surface area (TPSA) is 47.8 Å². The Labute approximate surface area is 75.2 Å². The molecule has 0 spiro atoms. The van der Waals surface area contributed by atoms with E-state index in [2.05, 4.69) is 9.97 Å². The number of fused-ring (bicyclic) bond motifs is 1. The molecule has 0 unspecified atom stereocenters. The van der Waals surface area contributed by atoms with E-state index in [0.717, 1.165) is 17.3 Å². The lowest BCUT2D eigenvalue weighted by Gasteiger charge is -1.94. The van der Waals surface area contributed by atoms with Crippen molar-refractivity contribution in [2.45, 2.75) is 6.92 Å². The van der Waals surface area contributed by atoms with E-state index in [4.69, 9.17) is 0 Å². The summed E-state index contributed by atoms with van der Waals surface area (Å²) in [6.45, 7) is 1.81. The number of hydrogen-bond donors (Lipinski definition) is 0. The summed E-state index contributed by atoms with van der Waals surface area (Å²) >= 11 is 0. The Bertz CT molecular complexity index is 473. The van der Waals surface area contributed by atoms with Crippen LogP contribution in [0.2, 0.25) is 0 Å². The lowest BCUT2D eigenvalue weighted by Crippen LogP contribution is -1.90. The summed E-state index contributed by atoms with van der Waals surface area (Å²) in [6, 6.07) is 0. The molecule has 0 aliphatic heterocycles. The third-order valence-electron chi connectivity index (χ3n) is 2.00. The third kappa shape index (κ3) is 1.11. The van der Waals surface area contributed by atoms with Crippen molar-refractivity contribution in [3.05, 3.63) is 23.8 Å². The first-order valence-corrected chi connectivity index (χ1v) is 3.96. The Kier molecular flexibility index (Phi) is 1.62. The molecule has 2 aromatic heterocycles. The Hall–Kier alpha value is -1.71. The van der Waals surface area contributed by atoms with Crippen molar-refractivity contribution in [2.24, 2.45) is 7.05 Å². The summed E-state index contributed by atoms with van der Waals surface area (Å²) in [7, 11) is 1.87. The second-order valence-corrected chi connectivity index (χ2v) is 2.96. The molecule has 2 rings (SSSR count). The molecule has 0 amide bonds. The van der Waals surface area contributed by atoms with Gasteiger partial charge in [-0.1, -0.05) is 0 Å². The van der Waals surface area contributed by atoms with E-state index in [0.29, 0.717) is 11.4 Å². The highest BCUT2D eigenvalue weighted by Gasteiger charge is 2.06. The minimum atomic E-state index is 0.614. The Morgan fingerprint density at radius 1 is 1.54 bits per heavy atom. The zero-order valence-electron chi connectivity index (χ0n) is 7.48. The van der Waals surface area contributed by atoms with Crippen molar-refractivity contribution in [3.63, 3.8) is 0 Å². The van der Waals surface area contributed by atoms with Gasteiger partial charge in [0, 0.05) is 13.2 Å². The minimum absolute atomic E-state index is 0.614. The summed E-state index contributed by atoms with van der Waals surface area (Å²) < 4.78 is 1.85. The highest BCUT2D eigenvalue weighted by molar-refractivity contribution is 5.94. The third-order valence-corrected chi connectivity index (χ3v) is 2.00. The smallest absolute Gasteiger partial charge is 0.153 e. The van der Waals surface area contributed by atoms with E-state index < -0.39 is 0 Å². The van der Waals surface area contributed by atoms with Crippen LogP contribution in [0.25, 0.3) is 11.0 Å². The van der Waals surface area contributed by atoms with Crippen LogP contribution >= 0.6 is 0 Å². The van der Waals surface area contributed by atoms with Crippen molar-refractivity contribution in [1.29, 1.82) is 0 Å². The molecule has 0 aromatic carbocycles. The van der Waals surface area contributed by atoms with Crippen LogP contribution in [0.4, 0.5) is 0 Å². The molecule has 13 heavy (non-hydrogen) atoms. The highest BCUT2D eigenvalue weighted by atomic mass is 16.1. The molecule has 0 bridgehead atoms.